The number of nitrogens with two attached hydrogens (primary N) is 2. The molecule has 0 bridgehead atoms. The monoisotopic (exact) mass is 265 g/mol. The Hall–Kier alpha value is -1.79. The first kappa shape index (κ1) is 13.6. The molecule has 0 spiro atoms. The van der Waals surface area contributed by atoms with E-state index in [4.69, 9.17) is 21.3 Å². The second-order valence-electron chi connectivity index (χ2n) is 4.55. The number of amides is 1. The van der Waals surface area contributed by atoms with E-state index in [1.54, 1.807) is 12.1 Å². The van der Waals surface area contributed by atoms with Crippen LogP contribution in [-0.2, 0) is 9.53 Å². The lowest BCUT2D eigenvalue weighted by molar-refractivity contribution is -0.122. The molecule has 6 heteroatoms. The Balaban J connectivity index is 2.16. The number of primary amides is 1. The van der Waals surface area contributed by atoms with Crippen LogP contribution >= 0.6 is 0 Å². The Morgan fingerprint density at radius 3 is 2.68 bits per heavy atom. The highest BCUT2D eigenvalue weighted by Gasteiger charge is 2.38. The number of aliphatic hydroxyl groups is 1. The molecule has 0 aliphatic carbocycles. The van der Waals surface area contributed by atoms with Crippen molar-refractivity contribution in [3.05, 3.63) is 24.3 Å². The van der Waals surface area contributed by atoms with Gasteiger partial charge in [0.2, 0.25) is 5.91 Å². The third kappa shape index (κ3) is 2.97. The maximum absolute atomic E-state index is 11.6. The third-order valence-electron chi connectivity index (χ3n) is 3.28. The van der Waals surface area contributed by atoms with Gasteiger partial charge in [0.05, 0.1) is 19.3 Å². The summed E-state index contributed by atoms with van der Waals surface area (Å²) in [4.78, 5) is 13.6. The maximum atomic E-state index is 11.6. The maximum Gasteiger partial charge on any atom is 0.242 e. The van der Waals surface area contributed by atoms with Crippen molar-refractivity contribution in [2.75, 3.05) is 30.4 Å². The summed E-state index contributed by atoms with van der Waals surface area (Å²) in [6.45, 7) is 0.835. The number of aliphatic hydroxyl groups excluding tert-OH is 1. The number of anilines is 2. The zero-order valence-corrected chi connectivity index (χ0v) is 10.7. The number of nitrogen functional groups attached to an aromatic ring is 1. The smallest absolute Gasteiger partial charge is 0.242 e. The summed E-state index contributed by atoms with van der Waals surface area (Å²) in [5.41, 5.74) is 12.7. The lowest BCUT2D eigenvalue weighted by Gasteiger charge is -2.27. The third-order valence-corrected chi connectivity index (χ3v) is 3.28. The first-order chi connectivity index (χ1) is 9.13. The van der Waals surface area contributed by atoms with Crippen molar-refractivity contribution in [2.24, 2.45) is 5.73 Å². The molecule has 5 N–H and O–H groups in total. The van der Waals surface area contributed by atoms with E-state index in [2.05, 4.69) is 0 Å². The summed E-state index contributed by atoms with van der Waals surface area (Å²) < 4.78 is 5.48. The van der Waals surface area contributed by atoms with E-state index in [0.717, 1.165) is 5.69 Å². The largest absolute Gasteiger partial charge is 0.399 e. The summed E-state index contributed by atoms with van der Waals surface area (Å²) >= 11 is 0. The molecule has 1 aliphatic heterocycles. The summed E-state index contributed by atoms with van der Waals surface area (Å²) in [6, 6.07) is 6.79. The predicted octanol–water partition coefficient (Wildman–Crippen LogP) is -0.290. The molecule has 1 fully saturated rings. The van der Waals surface area contributed by atoms with Gasteiger partial charge in [0.25, 0.3) is 0 Å². The van der Waals surface area contributed by atoms with Crippen molar-refractivity contribution in [3.8, 4) is 0 Å². The van der Waals surface area contributed by atoms with Gasteiger partial charge in [-0.2, -0.15) is 0 Å². The lowest BCUT2D eigenvalue weighted by Crippen LogP contribution is -2.47. The summed E-state index contributed by atoms with van der Waals surface area (Å²) in [7, 11) is 0. The number of benzene rings is 1. The van der Waals surface area contributed by atoms with E-state index < -0.39 is 11.9 Å². The number of ether oxygens (including phenoxy) is 1. The highest BCUT2D eigenvalue weighted by Crippen LogP contribution is 2.28. The fourth-order valence-corrected chi connectivity index (χ4v) is 2.43. The molecule has 2 atom stereocenters. The van der Waals surface area contributed by atoms with E-state index >= 15 is 0 Å². The Bertz CT molecular complexity index is 435. The zero-order valence-electron chi connectivity index (χ0n) is 10.7. The number of carbonyl (C=O) groups excluding carboxylic acids is 1. The molecule has 1 aromatic carbocycles. The molecule has 0 radical (unpaired) electrons. The van der Waals surface area contributed by atoms with Crippen molar-refractivity contribution in [1.29, 1.82) is 0 Å². The van der Waals surface area contributed by atoms with E-state index in [1.807, 2.05) is 17.0 Å². The Morgan fingerprint density at radius 2 is 2.11 bits per heavy atom. The van der Waals surface area contributed by atoms with E-state index in [1.165, 1.54) is 0 Å². The Kier molecular flexibility index (Phi) is 4.24. The number of hydrogen-bond donors (Lipinski definition) is 3. The number of nitrogens with zero attached hydrogens (tertiary/aromatic N) is 1. The van der Waals surface area contributed by atoms with Crippen molar-refractivity contribution < 1.29 is 14.6 Å². The van der Waals surface area contributed by atoms with Crippen LogP contribution in [0.25, 0.3) is 0 Å². The van der Waals surface area contributed by atoms with Gasteiger partial charge in [0.1, 0.15) is 6.04 Å². The van der Waals surface area contributed by atoms with E-state index in [9.17, 15) is 4.79 Å². The first-order valence-corrected chi connectivity index (χ1v) is 6.27. The Labute approximate surface area is 111 Å². The topological polar surface area (TPSA) is 102 Å². The highest BCUT2D eigenvalue weighted by molar-refractivity contribution is 5.85. The second kappa shape index (κ2) is 5.90. The predicted molar refractivity (Wildman–Crippen MR) is 72.6 cm³/mol. The van der Waals surface area contributed by atoms with Gasteiger partial charge in [0, 0.05) is 17.9 Å². The molecule has 104 valence electrons. The molecule has 2 unspecified atom stereocenters. The van der Waals surface area contributed by atoms with Crippen molar-refractivity contribution in [3.63, 3.8) is 0 Å². The van der Waals surface area contributed by atoms with Crippen LogP contribution in [0.15, 0.2) is 24.3 Å². The van der Waals surface area contributed by atoms with E-state index in [-0.39, 0.29) is 19.3 Å². The molecule has 6 nitrogen and oxygen atoms in total. The number of hydrogen-bond acceptors (Lipinski definition) is 5. The van der Waals surface area contributed by atoms with Crippen molar-refractivity contribution in [1.82, 2.24) is 0 Å². The molecule has 1 heterocycles. The fraction of sp³-hybridized carbons (Fsp3) is 0.462. The molecule has 19 heavy (non-hydrogen) atoms. The summed E-state index contributed by atoms with van der Waals surface area (Å²) in [5, 5.41) is 8.80. The van der Waals surface area contributed by atoms with Crippen LogP contribution in [0.1, 0.15) is 6.42 Å². The van der Waals surface area contributed by atoms with Gasteiger partial charge in [-0.3, -0.25) is 4.79 Å². The van der Waals surface area contributed by atoms with Crippen LogP contribution in [0.4, 0.5) is 11.4 Å². The molecular weight excluding hydrogens is 246 g/mol. The van der Waals surface area contributed by atoms with Gasteiger partial charge in [-0.25, -0.2) is 0 Å². The van der Waals surface area contributed by atoms with Crippen LogP contribution in [0.3, 0.4) is 0 Å². The normalized spacial score (nSPS) is 22.7. The quantitative estimate of drug-likeness (QED) is 0.635. The highest BCUT2D eigenvalue weighted by atomic mass is 16.5. The van der Waals surface area contributed by atoms with Crippen LogP contribution in [0, 0.1) is 0 Å². The number of rotatable bonds is 5. The summed E-state index contributed by atoms with van der Waals surface area (Å²) in [5.74, 6) is -0.419. The molecule has 1 saturated heterocycles. The van der Waals surface area contributed by atoms with Crippen molar-refractivity contribution >= 4 is 17.3 Å². The molecule has 2 rings (SSSR count). The molecule has 1 aliphatic rings. The molecular formula is C13H19N3O3. The minimum Gasteiger partial charge on any atom is -0.399 e. The van der Waals surface area contributed by atoms with Crippen molar-refractivity contribution in [2.45, 2.75) is 18.6 Å². The van der Waals surface area contributed by atoms with Gasteiger partial charge >= 0.3 is 0 Å². The zero-order chi connectivity index (χ0) is 13.8. The van der Waals surface area contributed by atoms with Crippen LogP contribution < -0.4 is 16.4 Å². The lowest BCUT2D eigenvalue weighted by atomic mass is 10.1. The van der Waals surface area contributed by atoms with Gasteiger partial charge in [-0.15, -0.1) is 0 Å². The van der Waals surface area contributed by atoms with E-state index in [0.29, 0.717) is 18.7 Å². The molecule has 1 aromatic rings. The second-order valence-corrected chi connectivity index (χ2v) is 4.55. The SMILES string of the molecule is NC(=O)C1C(OCCO)CCN1c1ccc(N)cc1. The van der Waals surface area contributed by atoms with Crippen LogP contribution in [0.2, 0.25) is 0 Å². The van der Waals surface area contributed by atoms with Crippen LogP contribution in [0.5, 0.6) is 0 Å². The first-order valence-electron chi connectivity index (χ1n) is 6.27. The molecule has 1 amide bonds. The van der Waals surface area contributed by atoms with Gasteiger partial charge in [-0.1, -0.05) is 0 Å². The van der Waals surface area contributed by atoms with Gasteiger partial charge < -0.3 is 26.2 Å². The van der Waals surface area contributed by atoms with Gasteiger partial charge in [0.15, 0.2) is 0 Å². The van der Waals surface area contributed by atoms with Crippen LogP contribution in [-0.4, -0.2) is 42.9 Å². The summed E-state index contributed by atoms with van der Waals surface area (Å²) in [6.07, 6.45) is 0.431. The fourth-order valence-electron chi connectivity index (χ4n) is 2.43. The standard InChI is InChI=1S/C13H19N3O3/c14-9-1-3-10(4-2-9)16-6-5-11(19-8-7-17)12(16)13(15)18/h1-4,11-12,17H,5-8,14H2,(H2,15,18). The Morgan fingerprint density at radius 1 is 1.42 bits per heavy atom. The van der Waals surface area contributed by atoms with Gasteiger partial charge in [-0.05, 0) is 30.7 Å². The minimum atomic E-state index is -0.504. The molecule has 0 aromatic heterocycles. The number of carbonyl (C=O) groups is 1. The minimum absolute atomic E-state index is 0.0656. The average Bonchev–Trinajstić information content (AvgIpc) is 2.81. The average molecular weight is 265 g/mol. The molecule has 0 saturated carbocycles.